The molecule has 102 valence electrons. The molecule has 0 spiro atoms. The topological polar surface area (TPSA) is 60.0 Å². The van der Waals surface area contributed by atoms with Gasteiger partial charge in [0.05, 0.1) is 14.2 Å². The van der Waals surface area contributed by atoms with Crippen LogP contribution in [0.5, 0.6) is 17.2 Å². The lowest BCUT2D eigenvalue weighted by atomic mass is 10.3. The van der Waals surface area contributed by atoms with E-state index in [0.717, 1.165) is 6.54 Å². The fourth-order valence-corrected chi connectivity index (χ4v) is 1.43. The second-order valence-corrected chi connectivity index (χ2v) is 3.82. The van der Waals surface area contributed by atoms with Gasteiger partial charge in [0.1, 0.15) is 30.0 Å². The highest BCUT2D eigenvalue weighted by molar-refractivity contribution is 5.41. The molecule has 0 aromatic heterocycles. The third-order valence-electron chi connectivity index (χ3n) is 2.40. The van der Waals surface area contributed by atoms with Crippen molar-refractivity contribution in [1.29, 1.82) is 0 Å². The van der Waals surface area contributed by atoms with Gasteiger partial charge in [-0.25, -0.2) is 0 Å². The van der Waals surface area contributed by atoms with Gasteiger partial charge >= 0.3 is 0 Å². The lowest BCUT2D eigenvalue weighted by Crippen LogP contribution is -2.31. The summed E-state index contributed by atoms with van der Waals surface area (Å²) in [5.41, 5.74) is 0. The highest BCUT2D eigenvalue weighted by atomic mass is 16.5. The first-order chi connectivity index (χ1) is 8.69. The van der Waals surface area contributed by atoms with Crippen LogP contribution in [0, 0.1) is 0 Å². The van der Waals surface area contributed by atoms with Crippen LogP contribution in [0.1, 0.15) is 6.92 Å². The molecule has 2 N–H and O–H groups in total. The standard InChI is InChI=1S/C13H21NO4/c1-4-14-8-10(15)9-18-13-6-11(16-2)5-12(7-13)17-3/h5-7,10,14-15H,4,8-9H2,1-3H3. The van der Waals surface area contributed by atoms with E-state index in [-0.39, 0.29) is 6.61 Å². The number of aliphatic hydroxyl groups excluding tert-OH is 1. The first-order valence-electron chi connectivity index (χ1n) is 5.94. The number of nitrogens with one attached hydrogen (secondary N) is 1. The van der Waals surface area contributed by atoms with Crippen molar-refractivity contribution in [3.05, 3.63) is 18.2 Å². The number of rotatable bonds is 8. The number of hydrogen-bond acceptors (Lipinski definition) is 5. The highest BCUT2D eigenvalue weighted by Crippen LogP contribution is 2.27. The number of ether oxygens (including phenoxy) is 3. The molecule has 0 heterocycles. The molecular formula is C13H21NO4. The first kappa shape index (κ1) is 14.6. The Morgan fingerprint density at radius 3 is 2.17 bits per heavy atom. The van der Waals surface area contributed by atoms with Crippen LogP contribution in [0.2, 0.25) is 0 Å². The van der Waals surface area contributed by atoms with E-state index in [9.17, 15) is 5.11 Å². The Morgan fingerprint density at radius 2 is 1.67 bits per heavy atom. The molecule has 5 nitrogen and oxygen atoms in total. The Bertz CT molecular complexity index is 335. The van der Waals surface area contributed by atoms with E-state index in [0.29, 0.717) is 23.8 Å². The van der Waals surface area contributed by atoms with Crippen LogP contribution in [-0.4, -0.2) is 45.1 Å². The summed E-state index contributed by atoms with van der Waals surface area (Å²) in [7, 11) is 3.16. The summed E-state index contributed by atoms with van der Waals surface area (Å²) in [6.07, 6.45) is -0.540. The average Bonchev–Trinajstić information content (AvgIpc) is 2.42. The Hall–Kier alpha value is -1.46. The molecular weight excluding hydrogens is 234 g/mol. The summed E-state index contributed by atoms with van der Waals surface area (Å²) in [4.78, 5) is 0. The summed E-state index contributed by atoms with van der Waals surface area (Å²) in [6, 6.07) is 5.27. The van der Waals surface area contributed by atoms with Crippen LogP contribution in [0.15, 0.2) is 18.2 Å². The van der Waals surface area contributed by atoms with Crippen molar-refractivity contribution in [2.45, 2.75) is 13.0 Å². The van der Waals surface area contributed by atoms with Crippen molar-refractivity contribution in [1.82, 2.24) is 5.32 Å². The van der Waals surface area contributed by atoms with E-state index < -0.39 is 6.10 Å². The zero-order valence-corrected chi connectivity index (χ0v) is 11.1. The summed E-state index contributed by atoms with van der Waals surface area (Å²) >= 11 is 0. The zero-order valence-electron chi connectivity index (χ0n) is 11.1. The van der Waals surface area contributed by atoms with Crippen LogP contribution in [0.4, 0.5) is 0 Å². The molecule has 5 heteroatoms. The summed E-state index contributed by atoms with van der Waals surface area (Å²) in [5.74, 6) is 1.93. The number of likely N-dealkylation sites (N-methyl/N-ethyl adjacent to an activating group) is 1. The maximum absolute atomic E-state index is 9.64. The van der Waals surface area contributed by atoms with Gasteiger partial charge in [-0.3, -0.25) is 0 Å². The molecule has 0 saturated carbocycles. The lowest BCUT2D eigenvalue weighted by molar-refractivity contribution is 0.106. The van der Waals surface area contributed by atoms with Gasteiger partial charge in [0.25, 0.3) is 0 Å². The molecule has 1 rings (SSSR count). The predicted molar refractivity (Wildman–Crippen MR) is 69.6 cm³/mol. The molecule has 0 saturated heterocycles. The molecule has 0 aliphatic heterocycles. The van der Waals surface area contributed by atoms with E-state index in [4.69, 9.17) is 14.2 Å². The fraction of sp³-hybridized carbons (Fsp3) is 0.538. The molecule has 18 heavy (non-hydrogen) atoms. The van der Waals surface area contributed by atoms with Crippen LogP contribution < -0.4 is 19.5 Å². The van der Waals surface area contributed by atoms with Gasteiger partial charge in [-0.2, -0.15) is 0 Å². The van der Waals surface area contributed by atoms with E-state index in [2.05, 4.69) is 5.32 Å². The van der Waals surface area contributed by atoms with Crippen molar-refractivity contribution in [3.63, 3.8) is 0 Å². The van der Waals surface area contributed by atoms with Crippen molar-refractivity contribution in [2.24, 2.45) is 0 Å². The number of hydrogen-bond donors (Lipinski definition) is 2. The Labute approximate surface area is 108 Å². The molecule has 1 unspecified atom stereocenters. The molecule has 1 aromatic carbocycles. The van der Waals surface area contributed by atoms with Gasteiger partial charge in [-0.15, -0.1) is 0 Å². The third-order valence-corrected chi connectivity index (χ3v) is 2.40. The number of aliphatic hydroxyl groups is 1. The van der Waals surface area contributed by atoms with Crippen molar-refractivity contribution >= 4 is 0 Å². The number of methoxy groups -OCH3 is 2. The van der Waals surface area contributed by atoms with E-state index >= 15 is 0 Å². The predicted octanol–water partition coefficient (Wildman–Crippen LogP) is 1.05. The van der Waals surface area contributed by atoms with Crippen molar-refractivity contribution in [3.8, 4) is 17.2 Å². The maximum Gasteiger partial charge on any atom is 0.126 e. The summed E-state index contributed by atoms with van der Waals surface area (Å²) < 4.78 is 15.8. The van der Waals surface area contributed by atoms with Crippen LogP contribution in [-0.2, 0) is 0 Å². The van der Waals surface area contributed by atoms with E-state index in [1.54, 1.807) is 32.4 Å². The van der Waals surface area contributed by atoms with Crippen LogP contribution in [0.25, 0.3) is 0 Å². The van der Waals surface area contributed by atoms with Gasteiger partial charge in [-0.05, 0) is 6.54 Å². The molecule has 0 radical (unpaired) electrons. The fourth-order valence-electron chi connectivity index (χ4n) is 1.43. The second kappa shape index (κ2) is 7.79. The minimum atomic E-state index is -0.540. The molecule has 1 atom stereocenters. The van der Waals surface area contributed by atoms with Gasteiger partial charge in [0.2, 0.25) is 0 Å². The quantitative estimate of drug-likeness (QED) is 0.727. The molecule has 0 bridgehead atoms. The lowest BCUT2D eigenvalue weighted by Gasteiger charge is -2.14. The van der Waals surface area contributed by atoms with Gasteiger partial charge in [0, 0.05) is 24.7 Å². The highest BCUT2D eigenvalue weighted by Gasteiger charge is 2.07. The Balaban J connectivity index is 2.55. The summed E-state index contributed by atoms with van der Waals surface area (Å²) in [6.45, 7) is 3.55. The molecule has 0 fully saturated rings. The Morgan fingerprint density at radius 1 is 1.11 bits per heavy atom. The van der Waals surface area contributed by atoms with Gasteiger partial charge in [0.15, 0.2) is 0 Å². The first-order valence-corrected chi connectivity index (χ1v) is 5.94. The monoisotopic (exact) mass is 255 g/mol. The summed E-state index contributed by atoms with van der Waals surface area (Å²) in [5, 5.41) is 12.7. The van der Waals surface area contributed by atoms with E-state index in [1.165, 1.54) is 0 Å². The molecule has 0 aliphatic rings. The SMILES string of the molecule is CCNCC(O)COc1cc(OC)cc(OC)c1. The maximum atomic E-state index is 9.64. The van der Waals surface area contributed by atoms with Crippen LogP contribution >= 0.6 is 0 Å². The molecule has 0 aliphatic carbocycles. The average molecular weight is 255 g/mol. The second-order valence-electron chi connectivity index (χ2n) is 3.82. The minimum absolute atomic E-state index is 0.226. The van der Waals surface area contributed by atoms with Crippen molar-refractivity contribution < 1.29 is 19.3 Å². The molecule has 1 aromatic rings. The van der Waals surface area contributed by atoms with E-state index in [1.807, 2.05) is 6.92 Å². The Kier molecular flexibility index (Phi) is 6.32. The minimum Gasteiger partial charge on any atom is -0.496 e. The molecule has 0 amide bonds. The van der Waals surface area contributed by atoms with Crippen LogP contribution in [0.3, 0.4) is 0 Å². The normalized spacial score (nSPS) is 12.0. The largest absolute Gasteiger partial charge is 0.496 e. The van der Waals surface area contributed by atoms with Gasteiger partial charge in [-0.1, -0.05) is 6.92 Å². The smallest absolute Gasteiger partial charge is 0.126 e. The zero-order chi connectivity index (χ0) is 13.4. The van der Waals surface area contributed by atoms with Gasteiger partial charge < -0.3 is 24.6 Å². The number of benzene rings is 1. The van der Waals surface area contributed by atoms with Crippen molar-refractivity contribution in [2.75, 3.05) is 33.9 Å². The third kappa shape index (κ3) is 4.81.